The van der Waals surface area contributed by atoms with Crippen molar-refractivity contribution in [3.8, 4) is 11.5 Å². The fraction of sp³-hybridized carbons (Fsp3) is 0.133. The summed E-state index contributed by atoms with van der Waals surface area (Å²) >= 11 is 5.65. The summed E-state index contributed by atoms with van der Waals surface area (Å²) in [5.41, 5.74) is 0.376. The highest BCUT2D eigenvalue weighted by Crippen LogP contribution is 2.30. The van der Waals surface area contributed by atoms with Crippen LogP contribution in [0.3, 0.4) is 0 Å². The van der Waals surface area contributed by atoms with Gasteiger partial charge >= 0.3 is 0 Å². The number of benzene rings is 2. The van der Waals surface area contributed by atoms with Gasteiger partial charge in [0.1, 0.15) is 5.82 Å². The van der Waals surface area contributed by atoms with Crippen LogP contribution < -0.4 is 14.8 Å². The van der Waals surface area contributed by atoms with Crippen LogP contribution in [0.1, 0.15) is 10.4 Å². The summed E-state index contributed by atoms with van der Waals surface area (Å²) in [5, 5.41) is 2.82. The summed E-state index contributed by atoms with van der Waals surface area (Å²) in [4.78, 5) is 12.0. The van der Waals surface area contributed by atoms with E-state index in [1.165, 1.54) is 26.4 Å². The summed E-state index contributed by atoms with van der Waals surface area (Å²) in [6.07, 6.45) is 0. The highest BCUT2D eigenvalue weighted by molar-refractivity contribution is 6.30. The van der Waals surface area contributed by atoms with Crippen LogP contribution in [0.4, 0.5) is 10.1 Å². The summed E-state index contributed by atoms with van der Waals surface area (Å²) in [7, 11) is 3.00. The molecule has 6 heteroatoms. The topological polar surface area (TPSA) is 47.6 Å². The van der Waals surface area contributed by atoms with Gasteiger partial charge in [0.2, 0.25) is 0 Å². The Hall–Kier alpha value is -2.27. The van der Waals surface area contributed by atoms with Crippen LogP contribution in [0, 0.1) is 5.82 Å². The standard InChI is InChI=1S/C15H13ClFNO3/c1-20-13-6-4-10(8-14(13)21-2)18-15(19)11-5-3-9(16)7-12(11)17/h3-8H,1-2H3,(H,18,19). The van der Waals surface area contributed by atoms with Gasteiger partial charge in [-0.05, 0) is 30.3 Å². The minimum Gasteiger partial charge on any atom is -0.493 e. The largest absolute Gasteiger partial charge is 0.493 e. The average molecular weight is 310 g/mol. The molecule has 1 amide bonds. The van der Waals surface area contributed by atoms with Gasteiger partial charge in [0.15, 0.2) is 11.5 Å². The van der Waals surface area contributed by atoms with Crippen molar-refractivity contribution >= 4 is 23.2 Å². The molecule has 0 aliphatic carbocycles. The van der Waals surface area contributed by atoms with Gasteiger partial charge in [-0.3, -0.25) is 4.79 Å². The third kappa shape index (κ3) is 3.44. The van der Waals surface area contributed by atoms with Crippen LogP contribution in [0.25, 0.3) is 0 Å². The number of hydrogen-bond donors (Lipinski definition) is 1. The van der Waals surface area contributed by atoms with E-state index in [9.17, 15) is 9.18 Å². The van der Waals surface area contributed by atoms with Gasteiger partial charge in [0.05, 0.1) is 19.8 Å². The summed E-state index contributed by atoms with van der Waals surface area (Å²) in [5.74, 6) is -0.253. The van der Waals surface area contributed by atoms with E-state index in [1.54, 1.807) is 18.2 Å². The summed E-state index contributed by atoms with van der Waals surface area (Å²) in [6.45, 7) is 0. The first-order valence-corrected chi connectivity index (χ1v) is 6.41. The lowest BCUT2D eigenvalue weighted by atomic mass is 10.2. The molecule has 1 N–H and O–H groups in total. The molecule has 0 saturated carbocycles. The molecule has 0 radical (unpaired) electrons. The van der Waals surface area contributed by atoms with Crippen molar-refractivity contribution in [3.05, 3.63) is 52.8 Å². The monoisotopic (exact) mass is 309 g/mol. The quantitative estimate of drug-likeness (QED) is 0.935. The number of halogens is 2. The van der Waals surface area contributed by atoms with Gasteiger partial charge in [0, 0.05) is 16.8 Å². The molecule has 2 rings (SSSR count). The van der Waals surface area contributed by atoms with E-state index in [-0.39, 0.29) is 10.6 Å². The highest BCUT2D eigenvalue weighted by atomic mass is 35.5. The molecule has 0 unspecified atom stereocenters. The van der Waals surface area contributed by atoms with Crippen molar-refractivity contribution in [2.75, 3.05) is 19.5 Å². The van der Waals surface area contributed by atoms with Crippen molar-refractivity contribution in [1.82, 2.24) is 0 Å². The molecule has 0 aliphatic rings. The number of methoxy groups -OCH3 is 2. The first kappa shape index (κ1) is 15.1. The van der Waals surface area contributed by atoms with Crippen LogP contribution in [-0.4, -0.2) is 20.1 Å². The zero-order valence-electron chi connectivity index (χ0n) is 11.4. The fourth-order valence-corrected chi connectivity index (χ4v) is 1.94. The molecule has 0 fully saturated rings. The number of hydrogen-bond acceptors (Lipinski definition) is 3. The molecular formula is C15H13ClFNO3. The van der Waals surface area contributed by atoms with Crippen LogP contribution in [-0.2, 0) is 0 Å². The van der Waals surface area contributed by atoms with Crippen LogP contribution >= 0.6 is 11.6 Å². The molecule has 4 nitrogen and oxygen atoms in total. The Balaban J connectivity index is 2.23. The number of rotatable bonds is 4. The molecule has 0 heterocycles. The smallest absolute Gasteiger partial charge is 0.258 e. The fourth-order valence-electron chi connectivity index (χ4n) is 1.79. The van der Waals surface area contributed by atoms with Crippen molar-refractivity contribution in [1.29, 1.82) is 0 Å². The molecule has 0 atom stereocenters. The van der Waals surface area contributed by atoms with Crippen molar-refractivity contribution in [3.63, 3.8) is 0 Å². The van der Waals surface area contributed by atoms with E-state index >= 15 is 0 Å². The lowest BCUT2D eigenvalue weighted by molar-refractivity contribution is 0.102. The van der Waals surface area contributed by atoms with E-state index in [0.717, 1.165) is 6.07 Å². The maximum atomic E-state index is 13.7. The number of nitrogens with one attached hydrogen (secondary N) is 1. The van der Waals surface area contributed by atoms with Gasteiger partial charge < -0.3 is 14.8 Å². The lowest BCUT2D eigenvalue weighted by Gasteiger charge is -2.11. The van der Waals surface area contributed by atoms with Gasteiger partial charge in [0.25, 0.3) is 5.91 Å². The predicted molar refractivity (Wildman–Crippen MR) is 78.9 cm³/mol. The van der Waals surface area contributed by atoms with Gasteiger partial charge in [-0.2, -0.15) is 0 Å². The number of carbonyl (C=O) groups excluding carboxylic acids is 1. The van der Waals surface area contributed by atoms with Gasteiger partial charge in [-0.1, -0.05) is 11.6 Å². The summed E-state index contributed by atoms with van der Waals surface area (Å²) in [6, 6.07) is 8.73. The molecule has 21 heavy (non-hydrogen) atoms. The Morgan fingerprint density at radius 2 is 1.81 bits per heavy atom. The van der Waals surface area contributed by atoms with Crippen molar-refractivity contribution in [2.24, 2.45) is 0 Å². The average Bonchev–Trinajstić information content (AvgIpc) is 2.46. The van der Waals surface area contributed by atoms with E-state index in [4.69, 9.17) is 21.1 Å². The summed E-state index contributed by atoms with van der Waals surface area (Å²) < 4.78 is 23.9. The second-order valence-electron chi connectivity index (χ2n) is 4.15. The zero-order chi connectivity index (χ0) is 15.4. The molecule has 0 spiro atoms. The third-order valence-corrected chi connectivity index (χ3v) is 3.05. The lowest BCUT2D eigenvalue weighted by Crippen LogP contribution is -2.13. The molecular weight excluding hydrogens is 297 g/mol. The number of ether oxygens (including phenoxy) is 2. The molecule has 0 bridgehead atoms. The second kappa shape index (κ2) is 6.45. The van der Waals surface area contributed by atoms with Gasteiger partial charge in [-0.15, -0.1) is 0 Å². The Bertz CT molecular complexity index is 676. The number of carbonyl (C=O) groups is 1. The van der Waals surface area contributed by atoms with E-state index in [0.29, 0.717) is 17.2 Å². The van der Waals surface area contributed by atoms with Crippen LogP contribution in [0.2, 0.25) is 5.02 Å². The first-order valence-electron chi connectivity index (χ1n) is 6.03. The van der Waals surface area contributed by atoms with Crippen molar-refractivity contribution < 1.29 is 18.7 Å². The SMILES string of the molecule is COc1ccc(NC(=O)c2ccc(Cl)cc2F)cc1OC. The molecule has 0 aromatic heterocycles. The molecule has 0 aliphatic heterocycles. The zero-order valence-corrected chi connectivity index (χ0v) is 12.2. The Kier molecular flexibility index (Phi) is 4.65. The van der Waals surface area contributed by atoms with E-state index in [2.05, 4.69) is 5.32 Å². The molecule has 2 aromatic rings. The Labute approximate surface area is 126 Å². The second-order valence-corrected chi connectivity index (χ2v) is 4.58. The van der Waals surface area contributed by atoms with Crippen molar-refractivity contribution in [2.45, 2.75) is 0 Å². The minimum absolute atomic E-state index is 0.0887. The minimum atomic E-state index is -0.680. The third-order valence-electron chi connectivity index (χ3n) is 2.82. The molecule has 2 aromatic carbocycles. The van der Waals surface area contributed by atoms with E-state index in [1.807, 2.05) is 0 Å². The number of anilines is 1. The van der Waals surface area contributed by atoms with Crippen LogP contribution in [0.15, 0.2) is 36.4 Å². The highest BCUT2D eigenvalue weighted by Gasteiger charge is 2.13. The van der Waals surface area contributed by atoms with E-state index < -0.39 is 11.7 Å². The Morgan fingerprint density at radius 1 is 1.10 bits per heavy atom. The number of amides is 1. The maximum absolute atomic E-state index is 13.7. The van der Waals surface area contributed by atoms with Gasteiger partial charge in [-0.25, -0.2) is 4.39 Å². The normalized spacial score (nSPS) is 10.1. The molecule has 110 valence electrons. The Morgan fingerprint density at radius 3 is 2.43 bits per heavy atom. The maximum Gasteiger partial charge on any atom is 0.258 e. The predicted octanol–water partition coefficient (Wildman–Crippen LogP) is 3.75. The molecule has 0 saturated heterocycles. The first-order chi connectivity index (χ1) is 10.0. The van der Waals surface area contributed by atoms with Crippen LogP contribution in [0.5, 0.6) is 11.5 Å².